The predicted molar refractivity (Wildman–Crippen MR) is 77.8 cm³/mol. The van der Waals surface area contributed by atoms with Crippen LogP contribution in [0.5, 0.6) is 0 Å². The smallest absolute Gasteiger partial charge is 0.227 e. The van der Waals surface area contributed by atoms with Crippen LogP contribution in [0, 0.1) is 11.6 Å². The van der Waals surface area contributed by atoms with Crippen molar-refractivity contribution in [2.75, 3.05) is 11.9 Å². The standard InChI is InChI=1S/C15H18BrF2NO/c16-7-8-19(13-3-1-2-4-13)15(20)9-11-5-6-12(17)10-14(11)18/h5-6,10,13H,1-4,7-9H2. The molecule has 0 saturated heterocycles. The summed E-state index contributed by atoms with van der Waals surface area (Å²) in [5.74, 6) is -1.35. The van der Waals surface area contributed by atoms with E-state index in [0.717, 1.165) is 31.7 Å². The number of rotatable bonds is 5. The van der Waals surface area contributed by atoms with Crippen molar-refractivity contribution in [3.8, 4) is 0 Å². The average molecular weight is 346 g/mol. The molecule has 0 heterocycles. The molecular formula is C15H18BrF2NO. The van der Waals surface area contributed by atoms with E-state index in [1.54, 1.807) is 0 Å². The van der Waals surface area contributed by atoms with Crippen molar-refractivity contribution >= 4 is 21.8 Å². The summed E-state index contributed by atoms with van der Waals surface area (Å²) in [4.78, 5) is 14.2. The van der Waals surface area contributed by atoms with Gasteiger partial charge in [-0.3, -0.25) is 4.79 Å². The molecule has 110 valence electrons. The fraction of sp³-hybridized carbons (Fsp3) is 0.533. The quantitative estimate of drug-likeness (QED) is 0.745. The van der Waals surface area contributed by atoms with E-state index in [0.29, 0.717) is 11.9 Å². The minimum absolute atomic E-state index is 0.00435. The normalized spacial score (nSPS) is 15.6. The van der Waals surface area contributed by atoms with Crippen molar-refractivity contribution in [2.45, 2.75) is 38.1 Å². The zero-order chi connectivity index (χ0) is 14.5. The number of halogens is 3. The maximum atomic E-state index is 13.6. The van der Waals surface area contributed by atoms with Gasteiger partial charge in [-0.1, -0.05) is 34.8 Å². The zero-order valence-corrected chi connectivity index (χ0v) is 12.8. The third-order valence-corrected chi connectivity index (χ3v) is 4.12. The average Bonchev–Trinajstić information content (AvgIpc) is 2.92. The lowest BCUT2D eigenvalue weighted by atomic mass is 10.1. The highest BCUT2D eigenvalue weighted by Gasteiger charge is 2.26. The molecule has 1 saturated carbocycles. The Kier molecular flexibility index (Phi) is 5.52. The van der Waals surface area contributed by atoms with Crippen molar-refractivity contribution < 1.29 is 13.6 Å². The predicted octanol–water partition coefficient (Wildman–Crippen LogP) is 3.67. The second-order valence-electron chi connectivity index (χ2n) is 5.13. The van der Waals surface area contributed by atoms with Gasteiger partial charge in [0.2, 0.25) is 5.91 Å². The summed E-state index contributed by atoms with van der Waals surface area (Å²) in [5.41, 5.74) is 0.258. The van der Waals surface area contributed by atoms with Gasteiger partial charge in [0, 0.05) is 24.0 Å². The maximum absolute atomic E-state index is 13.6. The first-order chi connectivity index (χ1) is 9.61. The third kappa shape index (κ3) is 3.78. The molecule has 0 aliphatic heterocycles. The van der Waals surface area contributed by atoms with Gasteiger partial charge in [-0.25, -0.2) is 8.78 Å². The fourth-order valence-electron chi connectivity index (χ4n) is 2.75. The lowest BCUT2D eigenvalue weighted by Gasteiger charge is -2.28. The van der Waals surface area contributed by atoms with Gasteiger partial charge < -0.3 is 4.90 Å². The van der Waals surface area contributed by atoms with E-state index in [9.17, 15) is 13.6 Å². The molecule has 1 amide bonds. The molecule has 0 atom stereocenters. The van der Waals surface area contributed by atoms with Crippen molar-refractivity contribution in [3.63, 3.8) is 0 Å². The monoisotopic (exact) mass is 345 g/mol. The van der Waals surface area contributed by atoms with Crippen molar-refractivity contribution in [2.24, 2.45) is 0 Å². The summed E-state index contributed by atoms with van der Waals surface area (Å²) in [6, 6.07) is 3.63. The summed E-state index contributed by atoms with van der Waals surface area (Å²) in [5, 5.41) is 0.709. The van der Waals surface area contributed by atoms with Crippen LogP contribution in [0.15, 0.2) is 18.2 Å². The Morgan fingerprint density at radius 3 is 2.60 bits per heavy atom. The highest BCUT2D eigenvalue weighted by molar-refractivity contribution is 9.09. The van der Waals surface area contributed by atoms with Gasteiger partial charge in [0.05, 0.1) is 6.42 Å². The van der Waals surface area contributed by atoms with E-state index >= 15 is 0 Å². The first-order valence-corrected chi connectivity index (χ1v) is 8.03. The van der Waals surface area contributed by atoms with Crippen molar-refractivity contribution in [1.82, 2.24) is 4.90 Å². The Labute approximate surface area is 126 Å². The minimum atomic E-state index is -0.649. The van der Waals surface area contributed by atoms with Gasteiger partial charge in [-0.05, 0) is 24.5 Å². The second-order valence-corrected chi connectivity index (χ2v) is 5.92. The SMILES string of the molecule is O=C(Cc1ccc(F)cc1F)N(CCBr)C1CCCC1. The molecule has 20 heavy (non-hydrogen) atoms. The Morgan fingerprint density at radius 1 is 1.30 bits per heavy atom. The summed E-state index contributed by atoms with van der Waals surface area (Å²) >= 11 is 3.36. The number of carbonyl (C=O) groups is 1. The molecule has 1 fully saturated rings. The first kappa shape index (κ1) is 15.4. The largest absolute Gasteiger partial charge is 0.339 e. The summed E-state index contributed by atoms with van der Waals surface area (Å²) in [7, 11) is 0. The molecular weight excluding hydrogens is 328 g/mol. The molecule has 1 aliphatic carbocycles. The Morgan fingerprint density at radius 2 is 2.00 bits per heavy atom. The number of hydrogen-bond acceptors (Lipinski definition) is 1. The van der Waals surface area contributed by atoms with Gasteiger partial charge in [0.25, 0.3) is 0 Å². The van der Waals surface area contributed by atoms with E-state index < -0.39 is 11.6 Å². The molecule has 2 rings (SSSR count). The molecule has 0 bridgehead atoms. The van der Waals surface area contributed by atoms with Crippen LogP contribution in [0.1, 0.15) is 31.2 Å². The van der Waals surface area contributed by atoms with Gasteiger partial charge >= 0.3 is 0 Å². The van der Waals surface area contributed by atoms with Gasteiger partial charge in [-0.15, -0.1) is 0 Å². The Bertz CT molecular complexity index is 475. The van der Waals surface area contributed by atoms with Crippen molar-refractivity contribution in [1.29, 1.82) is 0 Å². The summed E-state index contributed by atoms with van der Waals surface area (Å²) < 4.78 is 26.5. The molecule has 0 aromatic heterocycles. The number of amides is 1. The zero-order valence-electron chi connectivity index (χ0n) is 11.2. The number of carbonyl (C=O) groups excluding carboxylic acids is 1. The third-order valence-electron chi connectivity index (χ3n) is 3.77. The highest BCUT2D eigenvalue weighted by atomic mass is 79.9. The topological polar surface area (TPSA) is 20.3 Å². The van der Waals surface area contributed by atoms with Crippen LogP contribution in [0.3, 0.4) is 0 Å². The van der Waals surface area contributed by atoms with Crippen LogP contribution in [0.25, 0.3) is 0 Å². The molecule has 0 unspecified atom stereocenters. The Hall–Kier alpha value is -0.970. The molecule has 2 nitrogen and oxygen atoms in total. The summed E-state index contributed by atoms with van der Waals surface area (Å²) in [6.45, 7) is 0.631. The lowest BCUT2D eigenvalue weighted by Crippen LogP contribution is -2.41. The second kappa shape index (κ2) is 7.16. The maximum Gasteiger partial charge on any atom is 0.227 e. The number of nitrogens with zero attached hydrogens (tertiary/aromatic N) is 1. The molecule has 1 aliphatic rings. The minimum Gasteiger partial charge on any atom is -0.339 e. The lowest BCUT2D eigenvalue weighted by molar-refractivity contribution is -0.132. The molecule has 0 spiro atoms. The van der Waals surface area contributed by atoms with Gasteiger partial charge in [0.1, 0.15) is 11.6 Å². The van der Waals surface area contributed by atoms with E-state index in [1.807, 2.05) is 4.90 Å². The van der Waals surface area contributed by atoms with Crippen LogP contribution in [-0.4, -0.2) is 28.7 Å². The number of benzene rings is 1. The van der Waals surface area contributed by atoms with Crippen LogP contribution in [0.4, 0.5) is 8.78 Å². The molecule has 1 aromatic carbocycles. The van der Waals surface area contributed by atoms with E-state index in [4.69, 9.17) is 0 Å². The molecule has 0 radical (unpaired) electrons. The van der Waals surface area contributed by atoms with Crippen LogP contribution in [-0.2, 0) is 11.2 Å². The molecule has 5 heteroatoms. The number of alkyl halides is 1. The van der Waals surface area contributed by atoms with Gasteiger partial charge in [0.15, 0.2) is 0 Å². The van der Waals surface area contributed by atoms with Crippen molar-refractivity contribution in [3.05, 3.63) is 35.4 Å². The van der Waals surface area contributed by atoms with Crippen LogP contribution >= 0.6 is 15.9 Å². The Balaban J connectivity index is 2.07. The number of hydrogen-bond donors (Lipinski definition) is 0. The van der Waals surface area contributed by atoms with E-state index in [2.05, 4.69) is 15.9 Å². The van der Waals surface area contributed by atoms with E-state index in [1.165, 1.54) is 12.1 Å². The highest BCUT2D eigenvalue weighted by Crippen LogP contribution is 2.24. The van der Waals surface area contributed by atoms with Gasteiger partial charge in [-0.2, -0.15) is 0 Å². The fourth-order valence-corrected chi connectivity index (χ4v) is 3.13. The summed E-state index contributed by atoms with van der Waals surface area (Å²) in [6.07, 6.45) is 4.31. The van der Waals surface area contributed by atoms with E-state index in [-0.39, 0.29) is 23.9 Å². The first-order valence-electron chi connectivity index (χ1n) is 6.91. The molecule has 0 N–H and O–H groups in total. The van der Waals surface area contributed by atoms with Crippen LogP contribution in [0.2, 0.25) is 0 Å². The van der Waals surface area contributed by atoms with Crippen LogP contribution < -0.4 is 0 Å². The molecule has 1 aromatic rings.